The van der Waals surface area contributed by atoms with Crippen molar-refractivity contribution in [2.75, 3.05) is 14.2 Å². The molecule has 4 nitrogen and oxygen atoms in total. The molecule has 0 aliphatic heterocycles. The first kappa shape index (κ1) is 74.3. The lowest BCUT2D eigenvalue weighted by Gasteiger charge is -2.10. The van der Waals surface area contributed by atoms with E-state index in [0.29, 0.717) is 6.42 Å². The molecule has 0 fully saturated rings. The van der Waals surface area contributed by atoms with Crippen molar-refractivity contribution in [3.63, 3.8) is 0 Å². The summed E-state index contributed by atoms with van der Waals surface area (Å²) in [6.07, 6.45) is 63.1. The van der Waals surface area contributed by atoms with Crippen LogP contribution in [-0.4, -0.2) is 26.2 Å². The van der Waals surface area contributed by atoms with E-state index in [9.17, 15) is 9.59 Å². The fraction of sp³-hybridized carbons (Fsp3) is 0.600. The Morgan fingerprint density at radius 1 is 0.241 bits per heavy atom. The van der Waals surface area contributed by atoms with Gasteiger partial charge in [0.1, 0.15) is 0 Å². The molecule has 0 saturated carbocycles. The molecule has 0 spiro atoms. The minimum Gasteiger partial charge on any atom is -0.468 e. The SMILES string of the molecule is COC(=O)C(C/C=C(/C)CC/C=C(/C)CC/C=C(/C)CC/C=C(/C)CC/C=C(/C)CC/C=C(/C)CC/C=C(/C)CC/C=C(/C)CC/C=C(/C)CC/C=C(/C)CC/C=C(/C)CC/C=C(\C)CC/C=C(\C)CCC=C(C)C)C(=O)OC. The number of carbonyl (C=O) groups excluding carboxylic acids is 2. The van der Waals surface area contributed by atoms with Crippen LogP contribution in [0.1, 0.15) is 277 Å². The number of allylic oxidation sites excluding steroid dienone is 28. The monoisotopic (exact) mass is 1080 g/mol. The van der Waals surface area contributed by atoms with E-state index >= 15 is 0 Å². The number of ether oxygens (including phenoxy) is 2. The highest BCUT2D eigenvalue weighted by atomic mass is 16.5. The maximum Gasteiger partial charge on any atom is 0.320 e. The molecule has 79 heavy (non-hydrogen) atoms. The van der Waals surface area contributed by atoms with Gasteiger partial charge in [-0.05, 0) is 277 Å². The molecule has 444 valence electrons. The van der Waals surface area contributed by atoms with Crippen LogP contribution in [0.5, 0.6) is 0 Å². The number of rotatable bonds is 43. The van der Waals surface area contributed by atoms with Gasteiger partial charge >= 0.3 is 11.9 Å². The molecule has 4 heteroatoms. The summed E-state index contributed by atoms with van der Waals surface area (Å²) in [4.78, 5) is 23.8. The van der Waals surface area contributed by atoms with Crippen LogP contribution >= 0.6 is 0 Å². The average molecular weight is 1090 g/mol. The lowest BCUT2D eigenvalue weighted by Crippen LogP contribution is -2.26. The normalized spacial score (nSPS) is 14.7. The topological polar surface area (TPSA) is 52.6 Å². The lowest BCUT2D eigenvalue weighted by atomic mass is 10.0. The lowest BCUT2D eigenvalue weighted by molar-refractivity contribution is -0.158. The van der Waals surface area contributed by atoms with Gasteiger partial charge in [0.15, 0.2) is 5.92 Å². The Morgan fingerprint density at radius 3 is 0.519 bits per heavy atom. The largest absolute Gasteiger partial charge is 0.468 e. The van der Waals surface area contributed by atoms with Crippen LogP contribution in [0.2, 0.25) is 0 Å². The van der Waals surface area contributed by atoms with Crippen LogP contribution in [0.3, 0.4) is 0 Å². The molecular weight excluding hydrogens is 965 g/mol. The molecule has 0 bridgehead atoms. The first-order valence-electron chi connectivity index (χ1n) is 31.0. The number of hydrogen-bond donors (Lipinski definition) is 0. The first-order valence-corrected chi connectivity index (χ1v) is 31.0. The summed E-state index contributed by atoms with van der Waals surface area (Å²) in [5.41, 5.74) is 20.6. The zero-order valence-electron chi connectivity index (χ0n) is 54.4. The van der Waals surface area contributed by atoms with Crippen molar-refractivity contribution in [3.05, 3.63) is 163 Å². The van der Waals surface area contributed by atoms with E-state index in [1.165, 1.54) is 119 Å². The Balaban J connectivity index is 4.37. The first-order chi connectivity index (χ1) is 37.6. The molecule has 0 aromatic heterocycles. The summed E-state index contributed by atoms with van der Waals surface area (Å²) in [6, 6.07) is 0. The summed E-state index contributed by atoms with van der Waals surface area (Å²) >= 11 is 0. The number of hydrogen-bond acceptors (Lipinski definition) is 4. The molecule has 0 unspecified atom stereocenters. The summed E-state index contributed by atoms with van der Waals surface area (Å²) in [7, 11) is 2.58. The van der Waals surface area contributed by atoms with E-state index in [1.807, 2.05) is 13.0 Å². The van der Waals surface area contributed by atoms with E-state index in [1.54, 1.807) is 0 Å². The van der Waals surface area contributed by atoms with Gasteiger partial charge in [-0.15, -0.1) is 0 Å². The molecule has 0 atom stereocenters. The van der Waals surface area contributed by atoms with Gasteiger partial charge in [0.2, 0.25) is 0 Å². The number of methoxy groups -OCH3 is 2. The summed E-state index contributed by atoms with van der Waals surface area (Å²) in [5.74, 6) is -2.02. The average Bonchev–Trinajstić information content (AvgIpc) is 3.38. The van der Waals surface area contributed by atoms with E-state index in [-0.39, 0.29) is 0 Å². The highest BCUT2D eigenvalue weighted by Gasteiger charge is 2.27. The molecule has 0 aromatic rings. The molecule has 0 aliphatic carbocycles. The van der Waals surface area contributed by atoms with Crippen molar-refractivity contribution in [2.24, 2.45) is 5.92 Å². The van der Waals surface area contributed by atoms with Gasteiger partial charge in [0.25, 0.3) is 0 Å². The predicted octanol–water partition coefficient (Wildman–Crippen LogP) is 23.7. The van der Waals surface area contributed by atoms with E-state index in [0.717, 1.165) is 140 Å². The zero-order valence-corrected chi connectivity index (χ0v) is 54.4. The Hall–Kier alpha value is -4.70. The highest BCUT2D eigenvalue weighted by Crippen LogP contribution is 2.21. The molecular formula is C75H120O4. The maximum atomic E-state index is 11.9. The second-order valence-electron chi connectivity index (χ2n) is 23.8. The van der Waals surface area contributed by atoms with Crippen LogP contribution in [0, 0.1) is 5.92 Å². The van der Waals surface area contributed by atoms with Gasteiger partial charge in [0, 0.05) is 0 Å². The van der Waals surface area contributed by atoms with Crippen LogP contribution in [0.4, 0.5) is 0 Å². The third kappa shape index (κ3) is 45.7. The zero-order chi connectivity index (χ0) is 59.2. The van der Waals surface area contributed by atoms with Crippen molar-refractivity contribution >= 4 is 11.9 Å². The van der Waals surface area contributed by atoms with Crippen LogP contribution in [-0.2, 0) is 19.1 Å². The highest BCUT2D eigenvalue weighted by molar-refractivity contribution is 5.95. The minimum atomic E-state index is -0.903. The Bertz CT molecular complexity index is 2180. The fourth-order valence-corrected chi connectivity index (χ4v) is 9.36. The number of esters is 2. The third-order valence-electron chi connectivity index (χ3n) is 15.1. The van der Waals surface area contributed by atoms with Gasteiger partial charge in [-0.1, -0.05) is 163 Å². The van der Waals surface area contributed by atoms with Gasteiger partial charge in [-0.2, -0.15) is 0 Å². The quantitative estimate of drug-likeness (QED) is 0.0347. The molecule has 0 N–H and O–H groups in total. The second-order valence-corrected chi connectivity index (χ2v) is 23.8. The van der Waals surface area contributed by atoms with Crippen molar-refractivity contribution in [3.8, 4) is 0 Å². The number of carbonyl (C=O) groups is 2. The fourth-order valence-electron chi connectivity index (χ4n) is 9.36. The summed E-state index contributed by atoms with van der Waals surface area (Å²) in [6.45, 7) is 33.9. The molecule has 0 radical (unpaired) electrons. The molecule has 0 aliphatic rings. The van der Waals surface area contributed by atoms with Gasteiger partial charge in [-0.25, -0.2) is 0 Å². The van der Waals surface area contributed by atoms with Gasteiger partial charge in [0.05, 0.1) is 14.2 Å². The van der Waals surface area contributed by atoms with Crippen molar-refractivity contribution in [2.45, 2.75) is 277 Å². The molecule has 0 heterocycles. The molecule has 0 aromatic carbocycles. The van der Waals surface area contributed by atoms with Gasteiger partial charge < -0.3 is 9.47 Å². The Morgan fingerprint density at radius 2 is 0.380 bits per heavy atom. The Kier molecular flexibility index (Phi) is 45.2. The molecule has 0 saturated heterocycles. The molecule has 0 rings (SSSR count). The van der Waals surface area contributed by atoms with Crippen molar-refractivity contribution in [1.29, 1.82) is 0 Å². The molecule has 0 amide bonds. The smallest absolute Gasteiger partial charge is 0.320 e. The standard InChI is InChI=1S/C75H120O4/c1-59(2)31-18-32-60(3)33-19-34-61(4)35-20-36-62(5)37-21-38-63(6)39-22-40-64(7)41-23-42-65(8)43-24-44-66(9)45-25-46-67(10)47-26-48-68(11)49-27-50-69(12)51-28-52-70(13)53-29-54-71(14)55-30-56-72(15)57-58-73(74(76)78-16)75(77)79-17/h31,33,35,37,39,41,43,45,47,49,51,53,55,57,73H,18-30,32,34,36,38,40,42,44,46,48,50,52,54,56,58H2,1-17H3/b60-33+,61-35+,62-37-,63-39-,64-41-,65-43-,66-45-,67-47-,68-49-,69-51-,70-53-,71-55-,72-57-. The predicted molar refractivity (Wildman–Crippen MR) is 350 cm³/mol. The van der Waals surface area contributed by atoms with E-state index < -0.39 is 17.9 Å². The maximum absolute atomic E-state index is 11.9. The van der Waals surface area contributed by atoms with Crippen molar-refractivity contribution < 1.29 is 19.1 Å². The van der Waals surface area contributed by atoms with Crippen molar-refractivity contribution in [1.82, 2.24) is 0 Å². The second kappa shape index (κ2) is 48.0. The van der Waals surface area contributed by atoms with Crippen LogP contribution in [0.25, 0.3) is 0 Å². The minimum absolute atomic E-state index is 0.300. The summed E-state index contributed by atoms with van der Waals surface area (Å²) in [5, 5.41) is 0. The third-order valence-corrected chi connectivity index (χ3v) is 15.1. The van der Waals surface area contributed by atoms with Crippen LogP contribution in [0.15, 0.2) is 163 Å². The van der Waals surface area contributed by atoms with E-state index in [4.69, 9.17) is 9.47 Å². The van der Waals surface area contributed by atoms with E-state index in [2.05, 4.69) is 176 Å². The van der Waals surface area contributed by atoms with Gasteiger partial charge in [-0.3, -0.25) is 9.59 Å². The Labute approximate surface area is 489 Å². The van der Waals surface area contributed by atoms with Crippen LogP contribution < -0.4 is 0 Å². The summed E-state index contributed by atoms with van der Waals surface area (Å²) < 4.78 is 9.51.